The number of nitrogens with zero attached hydrogens (tertiary/aromatic N) is 2. The number of amides is 1. The Hall–Kier alpha value is -3.59. The summed E-state index contributed by atoms with van der Waals surface area (Å²) in [5, 5.41) is 13.7. The number of anilines is 1. The highest BCUT2D eigenvalue weighted by molar-refractivity contribution is 8.00. The van der Waals surface area contributed by atoms with Crippen molar-refractivity contribution >= 4 is 35.0 Å². The lowest BCUT2D eigenvalue weighted by Crippen LogP contribution is -2.22. The van der Waals surface area contributed by atoms with Crippen LogP contribution < -0.4 is 5.32 Å². The molecule has 1 heterocycles. The molecule has 0 saturated carbocycles. The highest BCUT2D eigenvalue weighted by Crippen LogP contribution is 2.36. The molecule has 1 atom stereocenters. The SMILES string of the molecule is Cc1ccc(NC(=O)C(C)Sc2nc(-c3ccc(Cl)cc3)cc(-c3ccccc3)c2C#N)cc1C. The second-order valence-corrected chi connectivity index (χ2v) is 10.0. The predicted molar refractivity (Wildman–Crippen MR) is 145 cm³/mol. The summed E-state index contributed by atoms with van der Waals surface area (Å²) in [7, 11) is 0. The summed E-state index contributed by atoms with van der Waals surface area (Å²) < 4.78 is 0. The van der Waals surface area contributed by atoms with Crippen molar-refractivity contribution in [1.29, 1.82) is 5.26 Å². The summed E-state index contributed by atoms with van der Waals surface area (Å²) in [6.45, 7) is 5.87. The summed E-state index contributed by atoms with van der Waals surface area (Å²) >= 11 is 7.36. The van der Waals surface area contributed by atoms with E-state index in [1.54, 1.807) is 0 Å². The lowest BCUT2D eigenvalue weighted by Gasteiger charge is -2.16. The van der Waals surface area contributed by atoms with Gasteiger partial charge in [-0.3, -0.25) is 4.79 Å². The van der Waals surface area contributed by atoms with Crippen LogP contribution in [-0.4, -0.2) is 16.1 Å². The van der Waals surface area contributed by atoms with Gasteiger partial charge in [0, 0.05) is 21.8 Å². The third-order valence-electron chi connectivity index (χ3n) is 5.75. The zero-order chi connectivity index (χ0) is 24.9. The molecule has 1 unspecified atom stereocenters. The van der Waals surface area contributed by atoms with Gasteiger partial charge in [0.15, 0.2) is 0 Å². The van der Waals surface area contributed by atoms with Gasteiger partial charge in [-0.1, -0.05) is 71.9 Å². The first-order valence-corrected chi connectivity index (χ1v) is 12.4. The van der Waals surface area contributed by atoms with Crippen molar-refractivity contribution in [1.82, 2.24) is 4.98 Å². The molecule has 0 aliphatic rings. The van der Waals surface area contributed by atoms with Crippen LogP contribution in [0.2, 0.25) is 5.02 Å². The molecule has 4 rings (SSSR count). The topological polar surface area (TPSA) is 65.8 Å². The average molecular weight is 498 g/mol. The maximum Gasteiger partial charge on any atom is 0.237 e. The van der Waals surface area contributed by atoms with Crippen molar-refractivity contribution in [2.24, 2.45) is 0 Å². The number of thioether (sulfide) groups is 1. The number of aromatic nitrogens is 1. The van der Waals surface area contributed by atoms with Crippen molar-refractivity contribution in [3.05, 3.63) is 101 Å². The molecule has 0 radical (unpaired) electrons. The Morgan fingerprint density at radius 3 is 2.34 bits per heavy atom. The van der Waals surface area contributed by atoms with Crippen LogP contribution in [0.25, 0.3) is 22.4 Å². The Morgan fingerprint density at radius 2 is 1.69 bits per heavy atom. The first-order valence-electron chi connectivity index (χ1n) is 11.2. The van der Waals surface area contributed by atoms with Gasteiger partial charge < -0.3 is 5.32 Å². The van der Waals surface area contributed by atoms with Crippen molar-refractivity contribution in [3.63, 3.8) is 0 Å². The number of hydrogen-bond donors (Lipinski definition) is 1. The number of hydrogen-bond acceptors (Lipinski definition) is 4. The average Bonchev–Trinajstić information content (AvgIpc) is 2.86. The molecular formula is C29H24ClN3OS. The molecule has 35 heavy (non-hydrogen) atoms. The molecule has 4 aromatic rings. The van der Waals surface area contributed by atoms with E-state index in [1.807, 2.05) is 99.6 Å². The van der Waals surface area contributed by atoms with E-state index in [0.717, 1.165) is 27.9 Å². The molecule has 0 spiro atoms. The maximum atomic E-state index is 13.0. The number of rotatable bonds is 6. The monoisotopic (exact) mass is 497 g/mol. The van der Waals surface area contributed by atoms with E-state index < -0.39 is 5.25 Å². The number of pyridine rings is 1. The normalized spacial score (nSPS) is 11.5. The van der Waals surface area contributed by atoms with E-state index in [2.05, 4.69) is 11.4 Å². The van der Waals surface area contributed by atoms with Crippen molar-refractivity contribution in [3.8, 4) is 28.5 Å². The third kappa shape index (κ3) is 5.74. The molecule has 0 aliphatic heterocycles. The first-order chi connectivity index (χ1) is 16.9. The minimum atomic E-state index is -0.472. The van der Waals surface area contributed by atoms with Crippen LogP contribution in [0.1, 0.15) is 23.6 Å². The number of nitrogens with one attached hydrogen (secondary N) is 1. The van der Waals surface area contributed by atoms with Crippen LogP contribution in [0.15, 0.2) is 83.9 Å². The van der Waals surface area contributed by atoms with Gasteiger partial charge in [-0.2, -0.15) is 5.26 Å². The fourth-order valence-electron chi connectivity index (χ4n) is 3.61. The minimum Gasteiger partial charge on any atom is -0.325 e. The van der Waals surface area contributed by atoms with Gasteiger partial charge in [-0.25, -0.2) is 4.98 Å². The van der Waals surface area contributed by atoms with Gasteiger partial charge >= 0.3 is 0 Å². The molecule has 0 saturated heterocycles. The Kier molecular flexibility index (Phi) is 7.55. The molecule has 4 nitrogen and oxygen atoms in total. The number of nitriles is 1. The van der Waals surface area contributed by atoms with E-state index in [0.29, 0.717) is 21.3 Å². The van der Waals surface area contributed by atoms with Gasteiger partial charge in [-0.15, -0.1) is 0 Å². The summed E-state index contributed by atoms with van der Waals surface area (Å²) in [5.41, 5.74) is 6.76. The fraction of sp³-hybridized carbons (Fsp3) is 0.138. The zero-order valence-electron chi connectivity index (χ0n) is 19.7. The molecule has 6 heteroatoms. The first kappa shape index (κ1) is 24.5. The number of halogens is 1. The Balaban J connectivity index is 1.71. The molecule has 174 valence electrons. The largest absolute Gasteiger partial charge is 0.325 e. The predicted octanol–water partition coefficient (Wildman–Crippen LogP) is 7.68. The highest BCUT2D eigenvalue weighted by Gasteiger charge is 2.21. The second-order valence-electron chi connectivity index (χ2n) is 8.27. The molecule has 0 aliphatic carbocycles. The fourth-order valence-corrected chi connectivity index (χ4v) is 4.66. The molecule has 1 amide bonds. The third-order valence-corrected chi connectivity index (χ3v) is 7.09. The maximum absolute atomic E-state index is 13.0. The molecular weight excluding hydrogens is 474 g/mol. The van der Waals surface area contributed by atoms with Crippen molar-refractivity contribution < 1.29 is 4.79 Å². The Morgan fingerprint density at radius 1 is 0.971 bits per heavy atom. The van der Waals surface area contributed by atoms with E-state index in [4.69, 9.17) is 16.6 Å². The van der Waals surface area contributed by atoms with Crippen LogP contribution in [0.3, 0.4) is 0 Å². The molecule has 0 bridgehead atoms. The standard InChI is InChI=1S/C29H24ClN3OS/c1-18-9-14-24(15-19(18)2)32-28(34)20(3)35-29-26(17-31)25(21-7-5-4-6-8-21)16-27(33-29)22-10-12-23(30)13-11-22/h4-16,20H,1-3H3,(H,32,34). The van der Waals surface area contributed by atoms with E-state index in [9.17, 15) is 10.1 Å². The van der Waals surface area contributed by atoms with Crippen LogP contribution >= 0.6 is 23.4 Å². The molecule has 1 aromatic heterocycles. The second kappa shape index (κ2) is 10.8. The number of carbonyl (C=O) groups is 1. The van der Waals surface area contributed by atoms with Crippen LogP contribution in [0.4, 0.5) is 5.69 Å². The van der Waals surface area contributed by atoms with E-state index >= 15 is 0 Å². The zero-order valence-corrected chi connectivity index (χ0v) is 21.2. The van der Waals surface area contributed by atoms with Crippen LogP contribution in [-0.2, 0) is 4.79 Å². The number of aryl methyl sites for hydroxylation is 2. The van der Waals surface area contributed by atoms with Crippen LogP contribution in [0, 0.1) is 25.2 Å². The number of benzene rings is 3. The summed E-state index contributed by atoms with van der Waals surface area (Å²) in [5.74, 6) is -0.151. The van der Waals surface area contributed by atoms with Gasteiger partial charge in [-0.05, 0) is 67.8 Å². The smallest absolute Gasteiger partial charge is 0.237 e. The summed E-state index contributed by atoms with van der Waals surface area (Å²) in [4.78, 5) is 17.8. The van der Waals surface area contributed by atoms with E-state index in [-0.39, 0.29) is 5.91 Å². The minimum absolute atomic E-state index is 0.151. The quantitative estimate of drug-likeness (QED) is 0.277. The Labute approximate surface area is 215 Å². The number of carbonyl (C=O) groups excluding carboxylic acids is 1. The van der Waals surface area contributed by atoms with E-state index in [1.165, 1.54) is 17.3 Å². The van der Waals surface area contributed by atoms with Crippen molar-refractivity contribution in [2.75, 3.05) is 5.32 Å². The molecule has 3 aromatic carbocycles. The van der Waals surface area contributed by atoms with Gasteiger partial charge in [0.05, 0.1) is 16.5 Å². The van der Waals surface area contributed by atoms with Gasteiger partial charge in [0.1, 0.15) is 11.1 Å². The Bertz CT molecular complexity index is 1410. The van der Waals surface area contributed by atoms with Gasteiger partial charge in [0.25, 0.3) is 0 Å². The molecule has 0 fully saturated rings. The summed E-state index contributed by atoms with van der Waals surface area (Å²) in [6.07, 6.45) is 0. The van der Waals surface area contributed by atoms with Gasteiger partial charge in [0.2, 0.25) is 5.91 Å². The lowest BCUT2D eigenvalue weighted by atomic mass is 9.99. The lowest BCUT2D eigenvalue weighted by molar-refractivity contribution is -0.115. The van der Waals surface area contributed by atoms with Crippen LogP contribution in [0.5, 0.6) is 0 Å². The van der Waals surface area contributed by atoms with Crippen molar-refractivity contribution in [2.45, 2.75) is 31.0 Å². The summed E-state index contributed by atoms with van der Waals surface area (Å²) in [6, 6.07) is 27.2. The highest BCUT2D eigenvalue weighted by atomic mass is 35.5. The molecule has 1 N–H and O–H groups in total.